The Balaban J connectivity index is 1.52. The zero-order valence-electron chi connectivity index (χ0n) is 20.4. The van der Waals surface area contributed by atoms with Gasteiger partial charge in [-0.15, -0.1) is 11.3 Å². The molecular weight excluding hydrogens is 458 g/mol. The number of benzene rings is 2. The number of nitrogens with one attached hydrogen (secondary N) is 1. The van der Waals surface area contributed by atoms with Crippen molar-refractivity contribution in [1.29, 1.82) is 0 Å². The normalized spacial score (nSPS) is 17.2. The summed E-state index contributed by atoms with van der Waals surface area (Å²) in [5, 5.41) is 5.17. The topological polar surface area (TPSA) is 61.9 Å². The highest BCUT2D eigenvalue weighted by atomic mass is 32.1. The monoisotopic (exact) mass is 491 g/mol. The molecule has 2 heterocycles. The zero-order valence-corrected chi connectivity index (χ0v) is 21.2. The van der Waals surface area contributed by atoms with Gasteiger partial charge in [0, 0.05) is 49.4 Å². The fourth-order valence-electron chi connectivity index (χ4n) is 4.79. The molecular formula is C28H33N3O3S. The van der Waals surface area contributed by atoms with E-state index in [-0.39, 0.29) is 17.9 Å². The van der Waals surface area contributed by atoms with Gasteiger partial charge in [0.1, 0.15) is 0 Å². The van der Waals surface area contributed by atoms with Gasteiger partial charge in [0.2, 0.25) is 5.91 Å². The highest BCUT2D eigenvalue weighted by molar-refractivity contribution is 7.10. The summed E-state index contributed by atoms with van der Waals surface area (Å²) < 4.78 is 5.30. The standard InChI is InChI=1S/C28H33N3O3S/c1-3-30(21-11-5-4-6-12-21)17-10-16-29-27(32)25-22-13-7-8-14-23(22)28(33)31(18-19-34-2)26(25)24-15-9-20-35-24/h4-9,11-15,20,25-26H,3,10,16-19H2,1-2H3,(H,29,32)/t25-,26-/m0/s1. The number of nitrogens with zero attached hydrogens (tertiary/aromatic N) is 2. The molecule has 184 valence electrons. The SMILES string of the molecule is CCN(CCCNC(=O)[C@H]1c2ccccc2C(=O)N(CCOC)[C@H]1c1cccs1)c1ccccc1. The van der Waals surface area contributed by atoms with Crippen molar-refractivity contribution in [2.75, 3.05) is 44.8 Å². The number of hydrogen-bond acceptors (Lipinski definition) is 5. The third-order valence-corrected chi connectivity index (χ3v) is 7.44. The van der Waals surface area contributed by atoms with Crippen molar-refractivity contribution in [1.82, 2.24) is 10.2 Å². The molecule has 1 aromatic heterocycles. The van der Waals surface area contributed by atoms with Crippen LogP contribution < -0.4 is 10.2 Å². The first-order valence-corrected chi connectivity index (χ1v) is 13.0. The number of thiophene rings is 1. The van der Waals surface area contributed by atoms with Gasteiger partial charge in [-0.25, -0.2) is 0 Å². The summed E-state index contributed by atoms with van der Waals surface area (Å²) in [6.45, 7) is 5.32. The maximum absolute atomic E-state index is 13.7. The Morgan fingerprint density at radius 2 is 1.86 bits per heavy atom. The lowest BCUT2D eigenvalue weighted by atomic mass is 9.81. The van der Waals surface area contributed by atoms with Crippen LogP contribution >= 0.6 is 11.3 Å². The minimum Gasteiger partial charge on any atom is -0.383 e. The molecule has 1 N–H and O–H groups in total. The van der Waals surface area contributed by atoms with Crippen LogP contribution in [0.25, 0.3) is 0 Å². The molecule has 6 nitrogen and oxygen atoms in total. The van der Waals surface area contributed by atoms with Crippen molar-refractivity contribution in [3.05, 3.63) is 88.1 Å². The van der Waals surface area contributed by atoms with E-state index in [0.29, 0.717) is 25.3 Å². The smallest absolute Gasteiger partial charge is 0.254 e. The lowest BCUT2D eigenvalue weighted by molar-refractivity contribution is -0.124. The lowest BCUT2D eigenvalue weighted by Crippen LogP contribution is -2.48. The first-order valence-electron chi connectivity index (χ1n) is 12.2. The molecule has 0 unspecified atom stereocenters. The largest absolute Gasteiger partial charge is 0.383 e. The third kappa shape index (κ3) is 5.57. The van der Waals surface area contributed by atoms with Gasteiger partial charge in [-0.1, -0.05) is 42.5 Å². The van der Waals surface area contributed by atoms with E-state index in [2.05, 4.69) is 29.3 Å². The highest BCUT2D eigenvalue weighted by Gasteiger charge is 2.44. The van der Waals surface area contributed by atoms with E-state index in [0.717, 1.165) is 30.0 Å². The van der Waals surface area contributed by atoms with Gasteiger partial charge in [-0.05, 0) is 48.6 Å². The molecule has 0 radical (unpaired) electrons. The molecule has 2 amide bonds. The fraction of sp³-hybridized carbons (Fsp3) is 0.357. The zero-order chi connectivity index (χ0) is 24.6. The van der Waals surface area contributed by atoms with Crippen LogP contribution in [0.3, 0.4) is 0 Å². The Labute approximate surface area is 211 Å². The van der Waals surface area contributed by atoms with Crippen LogP contribution in [0, 0.1) is 0 Å². The van der Waals surface area contributed by atoms with Crippen molar-refractivity contribution >= 4 is 28.8 Å². The molecule has 1 aliphatic rings. The van der Waals surface area contributed by atoms with Crippen molar-refractivity contribution in [2.45, 2.75) is 25.3 Å². The number of anilines is 1. The highest BCUT2D eigenvalue weighted by Crippen LogP contribution is 2.44. The molecule has 1 aliphatic heterocycles. The van der Waals surface area contributed by atoms with Crippen LogP contribution in [0.5, 0.6) is 0 Å². The number of carbonyl (C=O) groups excluding carboxylic acids is 2. The molecule has 0 saturated carbocycles. The Hall–Kier alpha value is -3.16. The molecule has 7 heteroatoms. The van der Waals surface area contributed by atoms with Crippen molar-refractivity contribution in [2.24, 2.45) is 0 Å². The van der Waals surface area contributed by atoms with E-state index in [1.54, 1.807) is 23.3 Å². The molecule has 35 heavy (non-hydrogen) atoms. The van der Waals surface area contributed by atoms with Crippen LogP contribution in [-0.4, -0.2) is 56.6 Å². The number of carbonyl (C=O) groups is 2. The summed E-state index contributed by atoms with van der Waals surface area (Å²) >= 11 is 1.58. The number of methoxy groups -OCH3 is 1. The summed E-state index contributed by atoms with van der Waals surface area (Å²) in [4.78, 5) is 32.2. The average molecular weight is 492 g/mol. The van der Waals surface area contributed by atoms with Gasteiger partial charge in [-0.3, -0.25) is 9.59 Å². The molecule has 3 aromatic rings. The van der Waals surface area contributed by atoms with Crippen molar-refractivity contribution in [3.8, 4) is 0 Å². The molecule has 0 bridgehead atoms. The summed E-state index contributed by atoms with van der Waals surface area (Å²) in [6.07, 6.45) is 0.832. The van der Waals surface area contributed by atoms with Crippen molar-refractivity contribution < 1.29 is 14.3 Å². The Morgan fingerprint density at radius 3 is 2.57 bits per heavy atom. The first-order chi connectivity index (χ1) is 17.2. The molecule has 0 fully saturated rings. The second-order valence-electron chi connectivity index (χ2n) is 8.58. The van der Waals surface area contributed by atoms with Gasteiger partial charge in [0.05, 0.1) is 18.6 Å². The fourth-order valence-corrected chi connectivity index (χ4v) is 5.66. The van der Waals surface area contributed by atoms with Crippen LogP contribution in [0.2, 0.25) is 0 Å². The van der Waals surface area contributed by atoms with Crippen LogP contribution in [0.1, 0.15) is 46.1 Å². The number of amides is 2. The van der Waals surface area contributed by atoms with E-state index in [4.69, 9.17) is 4.74 Å². The first kappa shape index (κ1) is 24.9. The lowest BCUT2D eigenvalue weighted by Gasteiger charge is -2.41. The second kappa shape index (κ2) is 12.0. The van der Waals surface area contributed by atoms with Gasteiger partial charge in [0.15, 0.2) is 0 Å². The summed E-state index contributed by atoms with van der Waals surface area (Å²) in [5.41, 5.74) is 2.58. The van der Waals surface area contributed by atoms with Gasteiger partial charge >= 0.3 is 0 Å². The van der Waals surface area contributed by atoms with E-state index in [9.17, 15) is 9.59 Å². The quantitative estimate of drug-likeness (QED) is 0.395. The van der Waals surface area contributed by atoms with E-state index in [1.165, 1.54) is 5.69 Å². The summed E-state index contributed by atoms with van der Waals surface area (Å²) in [5.74, 6) is -0.578. The van der Waals surface area contributed by atoms with Crippen LogP contribution in [0.15, 0.2) is 72.1 Å². The minimum absolute atomic E-state index is 0.0477. The molecule has 0 aliphatic carbocycles. The Kier molecular flexibility index (Phi) is 8.55. The molecule has 2 aromatic carbocycles. The van der Waals surface area contributed by atoms with E-state index < -0.39 is 5.92 Å². The molecule has 4 rings (SSSR count). The van der Waals surface area contributed by atoms with Crippen LogP contribution in [0.4, 0.5) is 5.69 Å². The third-order valence-electron chi connectivity index (χ3n) is 6.50. The Bertz CT molecular complexity index is 1100. The van der Waals surface area contributed by atoms with Gasteiger partial charge in [0.25, 0.3) is 5.91 Å². The molecule has 0 saturated heterocycles. The van der Waals surface area contributed by atoms with E-state index in [1.807, 2.05) is 60.0 Å². The Morgan fingerprint density at radius 1 is 1.09 bits per heavy atom. The predicted molar refractivity (Wildman–Crippen MR) is 141 cm³/mol. The second-order valence-corrected chi connectivity index (χ2v) is 9.56. The van der Waals surface area contributed by atoms with Crippen LogP contribution in [-0.2, 0) is 9.53 Å². The van der Waals surface area contributed by atoms with Crippen molar-refractivity contribution in [3.63, 3.8) is 0 Å². The maximum Gasteiger partial charge on any atom is 0.254 e. The number of fused-ring (bicyclic) bond motifs is 1. The summed E-state index contributed by atoms with van der Waals surface area (Å²) in [7, 11) is 1.63. The predicted octanol–water partition coefficient (Wildman–Crippen LogP) is 4.71. The van der Waals surface area contributed by atoms with Gasteiger partial charge in [-0.2, -0.15) is 0 Å². The minimum atomic E-state index is -0.476. The number of para-hydroxylation sites is 1. The van der Waals surface area contributed by atoms with Gasteiger partial charge < -0.3 is 19.9 Å². The average Bonchev–Trinajstić information content (AvgIpc) is 3.43. The van der Waals surface area contributed by atoms with E-state index >= 15 is 0 Å². The number of rotatable bonds is 11. The number of hydrogen-bond donors (Lipinski definition) is 1. The molecule has 2 atom stereocenters. The summed E-state index contributed by atoms with van der Waals surface area (Å²) in [6, 6.07) is 21.4. The number of ether oxygens (including phenoxy) is 1. The maximum atomic E-state index is 13.7. The molecule has 0 spiro atoms.